The summed E-state index contributed by atoms with van der Waals surface area (Å²) in [6.07, 6.45) is 3.27. The Bertz CT molecular complexity index is 563. The van der Waals surface area contributed by atoms with Gasteiger partial charge in [-0.25, -0.2) is 0 Å². The van der Waals surface area contributed by atoms with Gasteiger partial charge in [-0.15, -0.1) is 0 Å². The summed E-state index contributed by atoms with van der Waals surface area (Å²) in [5.41, 5.74) is 0.550. The third-order valence-electron chi connectivity index (χ3n) is 2.91. The number of rotatable bonds is 5. The zero-order valence-corrected chi connectivity index (χ0v) is 13.4. The summed E-state index contributed by atoms with van der Waals surface area (Å²) >= 11 is 9.26. The van der Waals surface area contributed by atoms with E-state index in [0.29, 0.717) is 10.6 Å². The molecule has 0 aliphatic heterocycles. The molecule has 0 aliphatic rings. The van der Waals surface area contributed by atoms with Crippen LogP contribution in [0, 0.1) is 0 Å². The Labute approximate surface area is 131 Å². The molecule has 0 fully saturated rings. The number of nitrogens with one attached hydrogen (secondary N) is 1. The van der Waals surface area contributed by atoms with Crippen molar-refractivity contribution in [1.82, 2.24) is 5.32 Å². The second-order valence-corrected chi connectivity index (χ2v) is 6.00. The number of amides is 1. The van der Waals surface area contributed by atoms with Gasteiger partial charge in [0.25, 0.3) is 5.91 Å². The van der Waals surface area contributed by atoms with Gasteiger partial charge in [0.15, 0.2) is 0 Å². The number of hydrogen-bond acceptors (Lipinski definition) is 2. The summed E-state index contributed by atoms with van der Waals surface area (Å²) in [6, 6.07) is 9.01. The number of carbonyl (C=O) groups is 1. The standard InChI is InChI=1S/C15H15BrClNO2/c1-10(4-5-14-3-2-6-20-14)18-15(19)11-7-12(16)9-13(17)8-11/h2-3,6-10H,4-5H2,1H3,(H,18,19). The van der Waals surface area contributed by atoms with Crippen molar-refractivity contribution >= 4 is 33.4 Å². The Morgan fingerprint density at radius 1 is 1.45 bits per heavy atom. The van der Waals surface area contributed by atoms with Gasteiger partial charge in [0.1, 0.15) is 5.76 Å². The Morgan fingerprint density at radius 3 is 2.90 bits per heavy atom. The molecular formula is C15H15BrClNO2. The Morgan fingerprint density at radius 2 is 2.25 bits per heavy atom. The minimum absolute atomic E-state index is 0.0605. The van der Waals surface area contributed by atoms with Gasteiger partial charge in [0, 0.05) is 27.5 Å². The SMILES string of the molecule is CC(CCc1ccco1)NC(=O)c1cc(Cl)cc(Br)c1. The molecule has 0 aliphatic carbocycles. The van der Waals surface area contributed by atoms with Crippen molar-refractivity contribution in [2.75, 3.05) is 0 Å². The van der Waals surface area contributed by atoms with E-state index in [4.69, 9.17) is 16.0 Å². The van der Waals surface area contributed by atoms with Gasteiger partial charge < -0.3 is 9.73 Å². The van der Waals surface area contributed by atoms with E-state index in [-0.39, 0.29) is 11.9 Å². The van der Waals surface area contributed by atoms with E-state index in [0.717, 1.165) is 23.1 Å². The maximum atomic E-state index is 12.1. The molecule has 0 spiro atoms. The van der Waals surface area contributed by atoms with Crippen LogP contribution in [0.4, 0.5) is 0 Å². The summed E-state index contributed by atoms with van der Waals surface area (Å²) in [7, 11) is 0. The van der Waals surface area contributed by atoms with Gasteiger partial charge in [0.05, 0.1) is 6.26 Å². The molecule has 1 aromatic carbocycles. The minimum atomic E-state index is -0.125. The maximum absolute atomic E-state index is 12.1. The largest absolute Gasteiger partial charge is 0.469 e. The molecule has 0 radical (unpaired) electrons. The van der Waals surface area contributed by atoms with Crippen molar-refractivity contribution in [3.8, 4) is 0 Å². The predicted molar refractivity (Wildman–Crippen MR) is 83.1 cm³/mol. The highest BCUT2D eigenvalue weighted by molar-refractivity contribution is 9.10. The van der Waals surface area contributed by atoms with Crippen molar-refractivity contribution < 1.29 is 9.21 Å². The molecule has 5 heteroatoms. The van der Waals surface area contributed by atoms with Crippen molar-refractivity contribution in [1.29, 1.82) is 0 Å². The normalized spacial score (nSPS) is 12.2. The highest BCUT2D eigenvalue weighted by atomic mass is 79.9. The first-order chi connectivity index (χ1) is 9.54. The Kier molecular flexibility index (Phi) is 5.26. The van der Waals surface area contributed by atoms with E-state index in [2.05, 4.69) is 21.2 Å². The van der Waals surface area contributed by atoms with Crippen LogP contribution in [0.2, 0.25) is 5.02 Å². The monoisotopic (exact) mass is 355 g/mol. The molecule has 20 heavy (non-hydrogen) atoms. The van der Waals surface area contributed by atoms with E-state index in [1.165, 1.54) is 0 Å². The summed E-state index contributed by atoms with van der Waals surface area (Å²) in [5, 5.41) is 3.49. The second kappa shape index (κ2) is 6.95. The minimum Gasteiger partial charge on any atom is -0.469 e. The van der Waals surface area contributed by atoms with Gasteiger partial charge in [-0.05, 0) is 43.7 Å². The van der Waals surface area contributed by atoms with Crippen LogP contribution < -0.4 is 5.32 Å². The molecule has 0 bridgehead atoms. The zero-order chi connectivity index (χ0) is 14.5. The fourth-order valence-electron chi connectivity index (χ4n) is 1.88. The first-order valence-electron chi connectivity index (χ1n) is 6.34. The zero-order valence-electron chi connectivity index (χ0n) is 11.0. The summed E-state index contributed by atoms with van der Waals surface area (Å²) in [6.45, 7) is 1.97. The lowest BCUT2D eigenvalue weighted by Gasteiger charge is -2.13. The number of aryl methyl sites for hydroxylation is 1. The number of hydrogen-bond donors (Lipinski definition) is 1. The van der Waals surface area contributed by atoms with Crippen LogP contribution >= 0.6 is 27.5 Å². The lowest BCUT2D eigenvalue weighted by atomic mass is 10.1. The van der Waals surface area contributed by atoms with Crippen LogP contribution in [-0.4, -0.2) is 11.9 Å². The van der Waals surface area contributed by atoms with Crippen LogP contribution in [-0.2, 0) is 6.42 Å². The van der Waals surface area contributed by atoms with E-state index in [1.807, 2.05) is 19.1 Å². The molecule has 1 amide bonds. The highest BCUT2D eigenvalue weighted by Crippen LogP contribution is 2.19. The number of furan rings is 1. The molecule has 1 atom stereocenters. The smallest absolute Gasteiger partial charge is 0.251 e. The van der Waals surface area contributed by atoms with E-state index < -0.39 is 0 Å². The fraction of sp³-hybridized carbons (Fsp3) is 0.267. The van der Waals surface area contributed by atoms with E-state index >= 15 is 0 Å². The molecule has 1 N–H and O–H groups in total. The van der Waals surface area contributed by atoms with Gasteiger partial charge in [-0.3, -0.25) is 4.79 Å². The number of carbonyl (C=O) groups excluding carboxylic acids is 1. The molecule has 0 saturated carbocycles. The molecule has 106 valence electrons. The first-order valence-corrected chi connectivity index (χ1v) is 7.51. The predicted octanol–water partition coefficient (Wildman–Crippen LogP) is 4.45. The average molecular weight is 357 g/mol. The second-order valence-electron chi connectivity index (χ2n) is 4.65. The topological polar surface area (TPSA) is 42.2 Å². The number of benzene rings is 1. The van der Waals surface area contributed by atoms with Crippen LogP contribution in [0.25, 0.3) is 0 Å². The third kappa shape index (κ3) is 4.39. The van der Waals surface area contributed by atoms with Crippen molar-refractivity contribution in [3.05, 3.63) is 57.4 Å². The lowest BCUT2D eigenvalue weighted by molar-refractivity contribution is 0.0938. The summed E-state index contributed by atoms with van der Waals surface area (Å²) in [5.74, 6) is 0.803. The lowest BCUT2D eigenvalue weighted by Crippen LogP contribution is -2.32. The molecule has 2 aromatic rings. The van der Waals surface area contributed by atoms with Crippen LogP contribution in [0.15, 0.2) is 45.5 Å². The summed E-state index contributed by atoms with van der Waals surface area (Å²) in [4.78, 5) is 12.1. The van der Waals surface area contributed by atoms with Crippen molar-refractivity contribution in [2.45, 2.75) is 25.8 Å². The van der Waals surface area contributed by atoms with E-state index in [1.54, 1.807) is 24.5 Å². The Hall–Kier alpha value is -1.26. The molecule has 2 rings (SSSR count). The Balaban J connectivity index is 1.90. The van der Waals surface area contributed by atoms with Crippen LogP contribution in [0.3, 0.4) is 0 Å². The maximum Gasteiger partial charge on any atom is 0.251 e. The summed E-state index contributed by atoms with van der Waals surface area (Å²) < 4.78 is 6.06. The number of halogens is 2. The highest BCUT2D eigenvalue weighted by Gasteiger charge is 2.11. The van der Waals surface area contributed by atoms with Crippen molar-refractivity contribution in [2.24, 2.45) is 0 Å². The van der Waals surface area contributed by atoms with Gasteiger partial charge in [-0.2, -0.15) is 0 Å². The third-order valence-corrected chi connectivity index (χ3v) is 3.58. The molecule has 1 heterocycles. The van der Waals surface area contributed by atoms with Crippen LogP contribution in [0.1, 0.15) is 29.5 Å². The van der Waals surface area contributed by atoms with Gasteiger partial charge in [-0.1, -0.05) is 27.5 Å². The first kappa shape index (κ1) is 15.1. The van der Waals surface area contributed by atoms with Crippen LogP contribution in [0.5, 0.6) is 0 Å². The van der Waals surface area contributed by atoms with E-state index in [9.17, 15) is 4.79 Å². The molecule has 1 unspecified atom stereocenters. The molecular weight excluding hydrogens is 342 g/mol. The molecule has 3 nitrogen and oxygen atoms in total. The average Bonchev–Trinajstić information content (AvgIpc) is 2.88. The molecule has 0 saturated heterocycles. The van der Waals surface area contributed by atoms with Crippen molar-refractivity contribution in [3.63, 3.8) is 0 Å². The quantitative estimate of drug-likeness (QED) is 0.860. The fourth-order valence-corrected chi connectivity index (χ4v) is 2.74. The molecule has 1 aromatic heterocycles. The van der Waals surface area contributed by atoms with Gasteiger partial charge >= 0.3 is 0 Å². The van der Waals surface area contributed by atoms with Gasteiger partial charge in [0.2, 0.25) is 0 Å².